The van der Waals surface area contributed by atoms with Gasteiger partial charge in [0.1, 0.15) is 11.9 Å². The number of anilines is 1. The van der Waals surface area contributed by atoms with Crippen LogP contribution in [0, 0.1) is 17.2 Å². The van der Waals surface area contributed by atoms with Gasteiger partial charge >= 0.3 is 0 Å². The molecule has 0 saturated heterocycles. The monoisotopic (exact) mass is 244 g/mol. The van der Waals surface area contributed by atoms with E-state index >= 15 is 0 Å². The summed E-state index contributed by atoms with van der Waals surface area (Å²) in [5.74, 6) is 0.912. The molecule has 2 unspecified atom stereocenters. The van der Waals surface area contributed by atoms with Crippen molar-refractivity contribution in [3.8, 4) is 11.8 Å². The highest BCUT2D eigenvalue weighted by atomic mass is 16.5. The minimum absolute atomic E-state index is 0.0433. The highest BCUT2D eigenvalue weighted by molar-refractivity contribution is 5.49. The SMILES string of the molecule is CN(C)c1cccc(OC2CCCCC2C#N)c1. The van der Waals surface area contributed by atoms with Gasteiger partial charge in [0.25, 0.3) is 0 Å². The molecule has 1 aliphatic rings. The van der Waals surface area contributed by atoms with Crippen molar-refractivity contribution in [2.24, 2.45) is 5.92 Å². The second kappa shape index (κ2) is 5.77. The summed E-state index contributed by atoms with van der Waals surface area (Å²) in [5.41, 5.74) is 1.12. The summed E-state index contributed by atoms with van der Waals surface area (Å²) >= 11 is 0. The van der Waals surface area contributed by atoms with Crippen molar-refractivity contribution >= 4 is 5.69 Å². The lowest BCUT2D eigenvalue weighted by Crippen LogP contribution is -2.29. The molecule has 1 aromatic rings. The van der Waals surface area contributed by atoms with Crippen molar-refractivity contribution in [3.05, 3.63) is 24.3 Å². The normalized spacial score (nSPS) is 23.2. The van der Waals surface area contributed by atoms with E-state index in [0.717, 1.165) is 37.1 Å². The van der Waals surface area contributed by atoms with Crippen LogP contribution in [0.1, 0.15) is 25.7 Å². The average Bonchev–Trinajstić information content (AvgIpc) is 2.39. The number of rotatable bonds is 3. The zero-order chi connectivity index (χ0) is 13.0. The first-order valence-electron chi connectivity index (χ1n) is 6.54. The molecule has 0 aliphatic heterocycles. The van der Waals surface area contributed by atoms with Gasteiger partial charge in [-0.25, -0.2) is 0 Å². The Morgan fingerprint density at radius 3 is 2.78 bits per heavy atom. The van der Waals surface area contributed by atoms with Crippen LogP contribution < -0.4 is 9.64 Å². The van der Waals surface area contributed by atoms with E-state index in [2.05, 4.69) is 17.0 Å². The lowest BCUT2D eigenvalue weighted by Gasteiger charge is -2.27. The van der Waals surface area contributed by atoms with Crippen molar-refractivity contribution in [3.63, 3.8) is 0 Å². The van der Waals surface area contributed by atoms with E-state index in [9.17, 15) is 0 Å². The van der Waals surface area contributed by atoms with E-state index in [-0.39, 0.29) is 12.0 Å². The Kier molecular flexibility index (Phi) is 4.09. The molecule has 2 rings (SSSR count). The molecular formula is C15H20N2O. The second-order valence-corrected chi connectivity index (χ2v) is 5.07. The maximum absolute atomic E-state index is 9.14. The first-order chi connectivity index (χ1) is 8.70. The Labute approximate surface area is 109 Å². The first kappa shape index (κ1) is 12.8. The highest BCUT2D eigenvalue weighted by Gasteiger charge is 2.26. The predicted octanol–water partition coefficient (Wildman–Crippen LogP) is 3.21. The molecule has 1 fully saturated rings. The van der Waals surface area contributed by atoms with Gasteiger partial charge in [0.05, 0.1) is 12.0 Å². The van der Waals surface area contributed by atoms with Crippen molar-refractivity contribution in [2.45, 2.75) is 31.8 Å². The Hall–Kier alpha value is -1.69. The van der Waals surface area contributed by atoms with Crippen LogP contribution >= 0.6 is 0 Å². The topological polar surface area (TPSA) is 36.3 Å². The van der Waals surface area contributed by atoms with Gasteiger partial charge in [-0.05, 0) is 31.4 Å². The second-order valence-electron chi connectivity index (χ2n) is 5.07. The van der Waals surface area contributed by atoms with Crippen molar-refractivity contribution in [1.29, 1.82) is 5.26 Å². The molecule has 1 saturated carbocycles. The Morgan fingerprint density at radius 1 is 1.28 bits per heavy atom. The van der Waals surface area contributed by atoms with Gasteiger partial charge < -0.3 is 9.64 Å². The molecule has 3 nitrogen and oxygen atoms in total. The van der Waals surface area contributed by atoms with Gasteiger partial charge in [0.2, 0.25) is 0 Å². The third-order valence-corrected chi connectivity index (χ3v) is 3.49. The lowest BCUT2D eigenvalue weighted by atomic mass is 9.87. The highest BCUT2D eigenvalue weighted by Crippen LogP contribution is 2.29. The minimum Gasteiger partial charge on any atom is -0.489 e. The molecule has 2 atom stereocenters. The standard InChI is InChI=1S/C15H20N2O/c1-17(2)13-7-5-8-14(10-13)18-15-9-4-3-6-12(15)11-16/h5,7-8,10,12,15H,3-4,6,9H2,1-2H3. The predicted molar refractivity (Wildman–Crippen MR) is 72.8 cm³/mol. The zero-order valence-electron chi connectivity index (χ0n) is 11.1. The van der Waals surface area contributed by atoms with Gasteiger partial charge in [-0.1, -0.05) is 12.5 Å². The molecule has 1 aromatic carbocycles. The molecule has 0 bridgehead atoms. The van der Waals surface area contributed by atoms with Gasteiger partial charge in [0.15, 0.2) is 0 Å². The maximum Gasteiger partial charge on any atom is 0.121 e. The van der Waals surface area contributed by atoms with E-state index in [0.29, 0.717) is 0 Å². The largest absolute Gasteiger partial charge is 0.489 e. The van der Waals surface area contributed by atoms with Crippen molar-refractivity contribution in [2.75, 3.05) is 19.0 Å². The summed E-state index contributed by atoms with van der Waals surface area (Å²) in [5, 5.41) is 9.14. The van der Waals surface area contributed by atoms with Crippen LogP contribution in [0.25, 0.3) is 0 Å². The Morgan fingerprint density at radius 2 is 2.06 bits per heavy atom. The van der Waals surface area contributed by atoms with E-state index in [4.69, 9.17) is 10.00 Å². The molecule has 0 spiro atoms. The molecule has 96 valence electrons. The van der Waals surface area contributed by atoms with Crippen LogP contribution in [0.2, 0.25) is 0 Å². The molecule has 3 heteroatoms. The Bertz CT molecular complexity index is 436. The number of hydrogen-bond donors (Lipinski definition) is 0. The van der Waals surface area contributed by atoms with E-state index in [1.54, 1.807) is 0 Å². The van der Waals surface area contributed by atoms with Crippen LogP contribution in [0.4, 0.5) is 5.69 Å². The third-order valence-electron chi connectivity index (χ3n) is 3.49. The van der Waals surface area contributed by atoms with Gasteiger partial charge in [-0.3, -0.25) is 0 Å². The number of ether oxygens (including phenoxy) is 1. The van der Waals surface area contributed by atoms with Crippen molar-refractivity contribution < 1.29 is 4.74 Å². The van der Waals surface area contributed by atoms with Gasteiger partial charge in [-0.2, -0.15) is 5.26 Å². The number of nitrogens with zero attached hydrogens (tertiary/aromatic N) is 2. The van der Waals surface area contributed by atoms with Crippen LogP contribution in [-0.2, 0) is 0 Å². The van der Waals surface area contributed by atoms with Gasteiger partial charge in [-0.15, -0.1) is 0 Å². The zero-order valence-corrected chi connectivity index (χ0v) is 11.1. The average molecular weight is 244 g/mol. The molecule has 0 N–H and O–H groups in total. The van der Waals surface area contributed by atoms with Crippen LogP contribution in [-0.4, -0.2) is 20.2 Å². The van der Waals surface area contributed by atoms with Crippen LogP contribution in [0.15, 0.2) is 24.3 Å². The number of nitriles is 1. The fourth-order valence-corrected chi connectivity index (χ4v) is 2.40. The maximum atomic E-state index is 9.14. The molecule has 18 heavy (non-hydrogen) atoms. The molecule has 0 aromatic heterocycles. The minimum atomic E-state index is 0.0433. The van der Waals surface area contributed by atoms with E-state index in [1.807, 2.05) is 32.3 Å². The summed E-state index contributed by atoms with van der Waals surface area (Å²) in [6.45, 7) is 0. The van der Waals surface area contributed by atoms with Crippen LogP contribution in [0.3, 0.4) is 0 Å². The molecule has 0 radical (unpaired) electrons. The number of hydrogen-bond acceptors (Lipinski definition) is 3. The molecule has 0 amide bonds. The van der Waals surface area contributed by atoms with Gasteiger partial charge in [0, 0.05) is 25.8 Å². The smallest absolute Gasteiger partial charge is 0.121 e. The van der Waals surface area contributed by atoms with Crippen LogP contribution in [0.5, 0.6) is 5.75 Å². The third kappa shape index (κ3) is 2.95. The van der Waals surface area contributed by atoms with Crippen molar-refractivity contribution in [1.82, 2.24) is 0 Å². The fourth-order valence-electron chi connectivity index (χ4n) is 2.40. The quantitative estimate of drug-likeness (QED) is 0.819. The summed E-state index contributed by atoms with van der Waals surface area (Å²) < 4.78 is 6.00. The molecule has 0 heterocycles. The number of benzene rings is 1. The first-order valence-corrected chi connectivity index (χ1v) is 6.54. The summed E-state index contributed by atoms with van der Waals surface area (Å²) in [6, 6.07) is 10.4. The van der Waals surface area contributed by atoms with E-state index in [1.165, 1.54) is 0 Å². The fraction of sp³-hybridized carbons (Fsp3) is 0.533. The molecule has 1 aliphatic carbocycles. The summed E-state index contributed by atoms with van der Waals surface area (Å²) in [7, 11) is 4.02. The lowest BCUT2D eigenvalue weighted by molar-refractivity contribution is 0.120. The van der Waals surface area contributed by atoms with E-state index < -0.39 is 0 Å². The Balaban J connectivity index is 2.08. The summed E-state index contributed by atoms with van der Waals surface area (Å²) in [4.78, 5) is 2.05. The molecular weight excluding hydrogens is 224 g/mol. The summed E-state index contributed by atoms with van der Waals surface area (Å²) in [6.07, 6.45) is 4.33.